The quantitative estimate of drug-likeness (QED) is 0.579. The molecule has 3 aromatic rings. The van der Waals surface area contributed by atoms with Crippen LogP contribution in [0.1, 0.15) is 49.5 Å². The van der Waals surface area contributed by atoms with Gasteiger partial charge in [0.15, 0.2) is 5.82 Å². The molecule has 2 aromatic carbocycles. The number of ether oxygens (including phenoxy) is 1. The second kappa shape index (κ2) is 8.09. The predicted octanol–water partition coefficient (Wildman–Crippen LogP) is 3.75. The average Bonchev–Trinajstić information content (AvgIpc) is 3.14. The lowest BCUT2D eigenvalue weighted by atomic mass is 9.87. The first-order valence-electron chi connectivity index (χ1n) is 10.2. The van der Waals surface area contributed by atoms with Crippen molar-refractivity contribution in [1.82, 2.24) is 14.4 Å². The Hall–Kier alpha value is -2.71. The lowest BCUT2D eigenvalue weighted by Crippen LogP contribution is -2.48. The maximum atomic E-state index is 12.9. The molecule has 0 spiro atoms. The van der Waals surface area contributed by atoms with Gasteiger partial charge in [-0.3, -0.25) is 0 Å². The highest BCUT2D eigenvalue weighted by Gasteiger charge is 2.40. The van der Waals surface area contributed by atoms with Gasteiger partial charge in [-0.05, 0) is 29.2 Å². The third kappa shape index (κ3) is 4.36. The zero-order valence-corrected chi connectivity index (χ0v) is 19.0. The summed E-state index contributed by atoms with van der Waals surface area (Å²) in [6.07, 6.45) is 0.488. The van der Waals surface area contributed by atoms with Gasteiger partial charge in [-0.2, -0.15) is 9.29 Å². The van der Waals surface area contributed by atoms with Gasteiger partial charge in [-0.1, -0.05) is 56.3 Å². The molecule has 0 radical (unpaired) electrons. The molecule has 0 bridgehead atoms. The number of methoxy groups -OCH3 is 1. The molecule has 1 saturated heterocycles. The van der Waals surface area contributed by atoms with Crippen LogP contribution in [-0.4, -0.2) is 43.1 Å². The van der Waals surface area contributed by atoms with Crippen molar-refractivity contribution in [2.24, 2.45) is 0 Å². The van der Waals surface area contributed by atoms with Crippen molar-refractivity contribution in [1.29, 1.82) is 0 Å². The summed E-state index contributed by atoms with van der Waals surface area (Å²) in [7, 11) is -1.90. The summed E-state index contributed by atoms with van der Waals surface area (Å²) in [6.45, 7) is 6.97. The van der Waals surface area contributed by atoms with Crippen LogP contribution in [0.3, 0.4) is 0 Å². The van der Waals surface area contributed by atoms with Gasteiger partial charge in [0.1, 0.15) is 5.75 Å². The van der Waals surface area contributed by atoms with Gasteiger partial charge < -0.3 is 9.26 Å². The molecule has 0 atom stereocenters. The third-order valence-corrected chi connectivity index (χ3v) is 7.43. The maximum Gasteiger partial charge on any atom is 0.243 e. The van der Waals surface area contributed by atoms with E-state index in [4.69, 9.17) is 9.26 Å². The molecule has 7 nitrogen and oxygen atoms in total. The van der Waals surface area contributed by atoms with Crippen LogP contribution in [0.5, 0.6) is 5.75 Å². The van der Waals surface area contributed by atoms with Crippen LogP contribution < -0.4 is 4.74 Å². The van der Waals surface area contributed by atoms with E-state index < -0.39 is 10.0 Å². The minimum absolute atomic E-state index is 0.0242. The molecular formula is C23H27N3O4S. The third-order valence-electron chi connectivity index (χ3n) is 5.58. The number of nitrogens with zero attached hydrogens (tertiary/aromatic N) is 3. The molecule has 2 heterocycles. The molecule has 0 aliphatic carbocycles. The first-order valence-corrected chi connectivity index (χ1v) is 11.7. The highest BCUT2D eigenvalue weighted by molar-refractivity contribution is 7.89. The van der Waals surface area contributed by atoms with E-state index in [0.717, 1.165) is 16.9 Å². The van der Waals surface area contributed by atoms with Crippen LogP contribution in [0.2, 0.25) is 0 Å². The summed E-state index contributed by atoms with van der Waals surface area (Å²) in [5.74, 6) is 1.70. The molecule has 1 aliphatic heterocycles. The molecule has 8 heteroatoms. The van der Waals surface area contributed by atoms with Gasteiger partial charge in [0.25, 0.3) is 0 Å². The van der Waals surface area contributed by atoms with E-state index in [2.05, 4.69) is 30.9 Å². The van der Waals surface area contributed by atoms with Crippen LogP contribution in [0.25, 0.3) is 0 Å². The van der Waals surface area contributed by atoms with Gasteiger partial charge in [0.2, 0.25) is 15.9 Å². The molecule has 31 heavy (non-hydrogen) atoms. The van der Waals surface area contributed by atoms with Crippen molar-refractivity contribution in [2.45, 2.75) is 43.4 Å². The molecular weight excluding hydrogens is 414 g/mol. The zero-order valence-electron chi connectivity index (χ0n) is 18.2. The van der Waals surface area contributed by atoms with Crippen LogP contribution in [0.4, 0.5) is 0 Å². The molecule has 1 fully saturated rings. The van der Waals surface area contributed by atoms with Crippen LogP contribution in [0, 0.1) is 0 Å². The average molecular weight is 442 g/mol. The Bertz CT molecular complexity index is 1160. The number of benzene rings is 2. The molecule has 0 N–H and O–H groups in total. The zero-order chi connectivity index (χ0) is 22.2. The van der Waals surface area contributed by atoms with E-state index in [1.807, 2.05) is 36.4 Å². The van der Waals surface area contributed by atoms with E-state index in [1.165, 1.54) is 4.31 Å². The minimum atomic E-state index is -3.53. The highest BCUT2D eigenvalue weighted by atomic mass is 32.2. The molecule has 1 aromatic heterocycles. The largest absolute Gasteiger partial charge is 0.496 e. The van der Waals surface area contributed by atoms with Crippen molar-refractivity contribution in [3.63, 3.8) is 0 Å². The standard InChI is InChI=1S/C23H27N3O4S/c1-23(2,3)18-9-11-19(12-10-18)31(27,28)26-14-17(15-26)22-24-21(25-30-22)13-16-7-5-6-8-20(16)29-4/h5-12,17H,13-15H2,1-4H3. The first kappa shape index (κ1) is 21.5. The van der Waals surface area contributed by atoms with E-state index in [9.17, 15) is 8.42 Å². The summed E-state index contributed by atoms with van der Waals surface area (Å²) in [4.78, 5) is 4.78. The molecule has 1 aliphatic rings. The topological polar surface area (TPSA) is 85.5 Å². The van der Waals surface area contributed by atoms with Gasteiger partial charge in [0, 0.05) is 25.1 Å². The van der Waals surface area contributed by atoms with Crippen LogP contribution >= 0.6 is 0 Å². The van der Waals surface area contributed by atoms with E-state index in [0.29, 0.717) is 36.1 Å². The number of sulfonamides is 1. The Kier molecular flexibility index (Phi) is 5.61. The Morgan fingerprint density at radius 3 is 2.42 bits per heavy atom. The Morgan fingerprint density at radius 1 is 1.10 bits per heavy atom. The minimum Gasteiger partial charge on any atom is -0.496 e. The normalized spacial score (nSPS) is 15.6. The van der Waals surface area contributed by atoms with Crippen molar-refractivity contribution in [2.75, 3.05) is 20.2 Å². The van der Waals surface area contributed by atoms with Gasteiger partial charge >= 0.3 is 0 Å². The molecule has 0 amide bonds. The highest BCUT2D eigenvalue weighted by Crippen LogP contribution is 2.32. The molecule has 4 rings (SSSR count). The number of rotatable bonds is 6. The predicted molar refractivity (Wildman–Crippen MR) is 117 cm³/mol. The van der Waals surface area contributed by atoms with Gasteiger partial charge in [-0.15, -0.1) is 0 Å². The summed E-state index contributed by atoms with van der Waals surface area (Å²) >= 11 is 0. The van der Waals surface area contributed by atoms with Crippen molar-refractivity contribution >= 4 is 10.0 Å². The molecule has 0 unspecified atom stereocenters. The van der Waals surface area contributed by atoms with Gasteiger partial charge in [-0.25, -0.2) is 8.42 Å². The lowest BCUT2D eigenvalue weighted by molar-refractivity contribution is 0.216. The second-order valence-electron chi connectivity index (χ2n) is 8.83. The Morgan fingerprint density at radius 2 is 1.77 bits per heavy atom. The van der Waals surface area contributed by atoms with Gasteiger partial charge in [0.05, 0.1) is 17.9 Å². The summed E-state index contributed by atoms with van der Waals surface area (Å²) in [6, 6.07) is 14.8. The van der Waals surface area contributed by atoms with Crippen molar-refractivity contribution < 1.29 is 17.7 Å². The fraction of sp³-hybridized carbons (Fsp3) is 0.391. The fourth-order valence-corrected chi connectivity index (χ4v) is 5.12. The van der Waals surface area contributed by atoms with Crippen molar-refractivity contribution in [3.05, 3.63) is 71.4 Å². The van der Waals surface area contributed by atoms with Crippen LogP contribution in [-0.2, 0) is 21.9 Å². The van der Waals surface area contributed by atoms with E-state index in [-0.39, 0.29) is 11.3 Å². The monoisotopic (exact) mass is 441 g/mol. The Balaban J connectivity index is 1.41. The van der Waals surface area contributed by atoms with E-state index in [1.54, 1.807) is 19.2 Å². The summed E-state index contributed by atoms with van der Waals surface area (Å²) in [5, 5.41) is 4.06. The van der Waals surface area contributed by atoms with Crippen molar-refractivity contribution in [3.8, 4) is 5.75 Å². The van der Waals surface area contributed by atoms with E-state index >= 15 is 0 Å². The lowest BCUT2D eigenvalue weighted by Gasteiger charge is -2.35. The number of hydrogen-bond acceptors (Lipinski definition) is 6. The smallest absolute Gasteiger partial charge is 0.243 e. The van der Waals surface area contributed by atoms with Crippen LogP contribution in [0.15, 0.2) is 57.9 Å². The number of aromatic nitrogens is 2. The second-order valence-corrected chi connectivity index (χ2v) is 10.8. The number of hydrogen-bond donors (Lipinski definition) is 0. The Labute approximate surface area is 183 Å². The fourth-order valence-electron chi connectivity index (χ4n) is 3.59. The first-order chi connectivity index (χ1) is 14.7. The maximum absolute atomic E-state index is 12.9. The molecule has 164 valence electrons. The summed E-state index contributed by atoms with van der Waals surface area (Å²) < 4.78 is 38.1. The summed E-state index contributed by atoms with van der Waals surface area (Å²) in [5.41, 5.74) is 2.04. The molecule has 0 saturated carbocycles. The number of para-hydroxylation sites is 1. The SMILES string of the molecule is COc1ccccc1Cc1noc(C2CN(S(=O)(=O)c3ccc(C(C)(C)C)cc3)C2)n1.